The number of amides is 1. The van der Waals surface area contributed by atoms with Crippen molar-refractivity contribution in [2.24, 2.45) is 0 Å². The molecule has 0 spiro atoms. The predicted molar refractivity (Wildman–Crippen MR) is 52.8 cm³/mol. The van der Waals surface area contributed by atoms with E-state index in [4.69, 9.17) is 0 Å². The highest BCUT2D eigenvalue weighted by Gasteiger charge is 2.14. The average Bonchev–Trinajstić information content (AvgIpc) is 2.16. The van der Waals surface area contributed by atoms with E-state index in [9.17, 15) is 9.59 Å². The van der Waals surface area contributed by atoms with Crippen molar-refractivity contribution in [3.8, 4) is 0 Å². The minimum Gasteiger partial charge on any atom is -0.467 e. The third-order valence-corrected chi connectivity index (χ3v) is 1.76. The summed E-state index contributed by atoms with van der Waals surface area (Å²) in [6, 6.07) is -0.568. The lowest BCUT2D eigenvalue weighted by Gasteiger charge is -2.11. The van der Waals surface area contributed by atoms with Crippen LogP contribution in [0.4, 0.5) is 0 Å². The standard InChI is InChI=1S/C9H18N2O3/c1-7(9(13)14-3)11-8(12)5-4-6-10-2/h7,10H,4-6H2,1-3H3,(H,11,12)/t7-/m0/s1. The molecule has 5 heteroatoms. The SMILES string of the molecule is CNCCCC(=O)N[C@@H](C)C(=O)OC. The second-order valence-electron chi connectivity index (χ2n) is 3.02. The van der Waals surface area contributed by atoms with Gasteiger partial charge in [0.1, 0.15) is 6.04 Å². The van der Waals surface area contributed by atoms with Crippen molar-refractivity contribution in [2.45, 2.75) is 25.8 Å². The van der Waals surface area contributed by atoms with Crippen LogP contribution in [0.3, 0.4) is 0 Å². The number of ether oxygens (including phenoxy) is 1. The first-order chi connectivity index (χ1) is 6.61. The zero-order valence-corrected chi connectivity index (χ0v) is 8.92. The lowest BCUT2D eigenvalue weighted by Crippen LogP contribution is -2.39. The Balaban J connectivity index is 3.65. The molecule has 0 aromatic heterocycles. The number of carbonyl (C=O) groups is 2. The molecule has 0 bridgehead atoms. The summed E-state index contributed by atoms with van der Waals surface area (Å²) in [5, 5.41) is 5.49. The van der Waals surface area contributed by atoms with Crippen molar-refractivity contribution in [1.29, 1.82) is 0 Å². The number of carbonyl (C=O) groups excluding carboxylic acids is 2. The fourth-order valence-corrected chi connectivity index (χ4v) is 0.975. The summed E-state index contributed by atoms with van der Waals surface area (Å²) in [6.45, 7) is 2.39. The molecule has 5 nitrogen and oxygen atoms in total. The molecule has 1 atom stereocenters. The van der Waals surface area contributed by atoms with Gasteiger partial charge in [-0.05, 0) is 26.9 Å². The van der Waals surface area contributed by atoms with Gasteiger partial charge in [0.15, 0.2) is 0 Å². The van der Waals surface area contributed by atoms with Gasteiger partial charge in [0.2, 0.25) is 5.91 Å². The third-order valence-electron chi connectivity index (χ3n) is 1.76. The normalized spacial score (nSPS) is 11.9. The molecular formula is C9H18N2O3. The Bertz CT molecular complexity index is 194. The molecule has 1 amide bonds. The highest BCUT2D eigenvalue weighted by molar-refractivity contribution is 5.83. The molecule has 0 heterocycles. The van der Waals surface area contributed by atoms with Crippen LogP contribution < -0.4 is 10.6 Å². The van der Waals surface area contributed by atoms with Crippen molar-refractivity contribution in [1.82, 2.24) is 10.6 Å². The van der Waals surface area contributed by atoms with Gasteiger partial charge < -0.3 is 15.4 Å². The summed E-state index contributed by atoms with van der Waals surface area (Å²) in [5.41, 5.74) is 0. The minimum absolute atomic E-state index is 0.127. The lowest BCUT2D eigenvalue weighted by atomic mass is 10.2. The van der Waals surface area contributed by atoms with Crippen molar-refractivity contribution in [3.05, 3.63) is 0 Å². The first kappa shape index (κ1) is 12.9. The molecule has 0 aliphatic heterocycles. The van der Waals surface area contributed by atoms with Gasteiger partial charge in [-0.2, -0.15) is 0 Å². The van der Waals surface area contributed by atoms with E-state index < -0.39 is 12.0 Å². The Morgan fingerprint density at radius 1 is 1.43 bits per heavy atom. The summed E-state index contributed by atoms with van der Waals surface area (Å²) in [5.74, 6) is -0.551. The van der Waals surface area contributed by atoms with Gasteiger partial charge in [0.25, 0.3) is 0 Å². The maximum atomic E-state index is 11.2. The van der Waals surface area contributed by atoms with E-state index in [0.717, 1.165) is 13.0 Å². The van der Waals surface area contributed by atoms with Gasteiger partial charge in [0, 0.05) is 6.42 Å². The molecule has 0 saturated heterocycles. The quantitative estimate of drug-likeness (QED) is 0.457. The van der Waals surface area contributed by atoms with Gasteiger partial charge in [-0.1, -0.05) is 0 Å². The van der Waals surface area contributed by atoms with E-state index in [0.29, 0.717) is 6.42 Å². The monoisotopic (exact) mass is 202 g/mol. The lowest BCUT2D eigenvalue weighted by molar-refractivity contribution is -0.144. The molecule has 0 aromatic rings. The Kier molecular flexibility index (Phi) is 6.74. The molecule has 82 valence electrons. The van der Waals surface area contributed by atoms with Gasteiger partial charge in [-0.3, -0.25) is 4.79 Å². The summed E-state index contributed by atoms with van der Waals surface area (Å²) in [4.78, 5) is 22.1. The number of rotatable bonds is 6. The van der Waals surface area contributed by atoms with Crippen LogP contribution in [0.5, 0.6) is 0 Å². The number of methoxy groups -OCH3 is 1. The highest BCUT2D eigenvalue weighted by Crippen LogP contribution is 1.91. The topological polar surface area (TPSA) is 67.4 Å². The molecule has 0 aliphatic carbocycles. The fraction of sp³-hybridized carbons (Fsp3) is 0.778. The Labute approximate surface area is 84.2 Å². The van der Waals surface area contributed by atoms with Crippen LogP contribution in [0, 0.1) is 0 Å². The van der Waals surface area contributed by atoms with Crippen molar-refractivity contribution in [2.75, 3.05) is 20.7 Å². The zero-order chi connectivity index (χ0) is 11.0. The average molecular weight is 202 g/mol. The third kappa shape index (κ3) is 5.53. The smallest absolute Gasteiger partial charge is 0.328 e. The van der Waals surface area contributed by atoms with Gasteiger partial charge in [-0.25, -0.2) is 4.79 Å². The number of nitrogens with one attached hydrogen (secondary N) is 2. The molecule has 14 heavy (non-hydrogen) atoms. The van der Waals surface area contributed by atoms with E-state index in [1.165, 1.54) is 7.11 Å². The molecule has 2 N–H and O–H groups in total. The molecule has 0 saturated carbocycles. The summed E-state index contributed by atoms with van der Waals surface area (Å²) in [7, 11) is 3.13. The van der Waals surface area contributed by atoms with Crippen LogP contribution in [0.1, 0.15) is 19.8 Å². The minimum atomic E-state index is -0.568. The first-order valence-corrected chi connectivity index (χ1v) is 4.63. The first-order valence-electron chi connectivity index (χ1n) is 4.63. The van der Waals surface area contributed by atoms with E-state index in [1.54, 1.807) is 6.92 Å². The maximum Gasteiger partial charge on any atom is 0.328 e. The largest absolute Gasteiger partial charge is 0.467 e. The van der Waals surface area contributed by atoms with Crippen LogP contribution in [0.2, 0.25) is 0 Å². The highest BCUT2D eigenvalue weighted by atomic mass is 16.5. The summed E-state index contributed by atoms with van der Waals surface area (Å²) >= 11 is 0. The predicted octanol–water partition coefficient (Wildman–Crippen LogP) is -0.336. The van der Waals surface area contributed by atoms with Crippen LogP contribution in [-0.2, 0) is 14.3 Å². The second kappa shape index (κ2) is 7.32. The molecule has 0 rings (SSSR count). The van der Waals surface area contributed by atoms with Crippen LogP contribution in [0.25, 0.3) is 0 Å². The Morgan fingerprint density at radius 3 is 2.57 bits per heavy atom. The summed E-state index contributed by atoms with van der Waals surface area (Å²) in [6.07, 6.45) is 1.18. The van der Waals surface area contributed by atoms with Crippen molar-refractivity contribution < 1.29 is 14.3 Å². The van der Waals surface area contributed by atoms with Crippen LogP contribution in [0.15, 0.2) is 0 Å². The second-order valence-corrected chi connectivity index (χ2v) is 3.02. The zero-order valence-electron chi connectivity index (χ0n) is 8.92. The fourth-order valence-electron chi connectivity index (χ4n) is 0.975. The van der Waals surface area contributed by atoms with Crippen molar-refractivity contribution in [3.63, 3.8) is 0 Å². The molecular weight excluding hydrogens is 184 g/mol. The van der Waals surface area contributed by atoms with Gasteiger partial charge in [-0.15, -0.1) is 0 Å². The van der Waals surface area contributed by atoms with E-state index in [2.05, 4.69) is 15.4 Å². The molecule has 0 fully saturated rings. The van der Waals surface area contributed by atoms with Crippen LogP contribution >= 0.6 is 0 Å². The summed E-state index contributed by atoms with van der Waals surface area (Å²) < 4.78 is 4.47. The number of hydrogen-bond donors (Lipinski definition) is 2. The number of esters is 1. The molecule has 0 aliphatic rings. The van der Waals surface area contributed by atoms with E-state index in [1.807, 2.05) is 7.05 Å². The Morgan fingerprint density at radius 2 is 2.07 bits per heavy atom. The number of hydrogen-bond acceptors (Lipinski definition) is 4. The molecule has 0 aromatic carbocycles. The molecule has 0 radical (unpaired) electrons. The maximum absolute atomic E-state index is 11.2. The van der Waals surface area contributed by atoms with E-state index in [-0.39, 0.29) is 5.91 Å². The van der Waals surface area contributed by atoms with E-state index >= 15 is 0 Å². The van der Waals surface area contributed by atoms with Crippen LogP contribution in [-0.4, -0.2) is 38.6 Å². The molecule has 0 unspecified atom stereocenters. The van der Waals surface area contributed by atoms with Gasteiger partial charge in [0.05, 0.1) is 7.11 Å². The Hall–Kier alpha value is -1.10. The van der Waals surface area contributed by atoms with Crippen molar-refractivity contribution >= 4 is 11.9 Å². The van der Waals surface area contributed by atoms with Gasteiger partial charge >= 0.3 is 5.97 Å².